The van der Waals surface area contributed by atoms with E-state index in [1.807, 2.05) is 20.8 Å². The smallest absolute Gasteiger partial charge is 0.189 e. The zero-order valence-corrected chi connectivity index (χ0v) is 13.6. The Morgan fingerprint density at radius 2 is 2.00 bits per heavy atom. The van der Waals surface area contributed by atoms with Gasteiger partial charge in [0, 0.05) is 11.8 Å². The molecule has 0 heterocycles. The molecule has 5 nitrogen and oxygen atoms in total. The van der Waals surface area contributed by atoms with Crippen LogP contribution in [0.5, 0.6) is 0 Å². The van der Waals surface area contributed by atoms with Gasteiger partial charge in [-0.1, -0.05) is 17.7 Å². The van der Waals surface area contributed by atoms with Crippen LogP contribution >= 0.6 is 11.6 Å². The molecule has 0 radical (unpaired) electrons. The molecule has 0 unspecified atom stereocenters. The van der Waals surface area contributed by atoms with Crippen molar-refractivity contribution in [2.45, 2.75) is 37.8 Å². The Morgan fingerprint density at radius 3 is 2.45 bits per heavy atom. The minimum absolute atomic E-state index is 0.118. The first-order valence-electron chi connectivity index (χ1n) is 6.05. The molecule has 0 spiro atoms. The Morgan fingerprint density at radius 1 is 1.40 bits per heavy atom. The molecule has 0 aliphatic heterocycles. The highest BCUT2D eigenvalue weighted by atomic mass is 35.5. The molecule has 1 aromatic rings. The normalized spacial score (nSPS) is 13.3. The number of rotatable bonds is 3. The topological polar surface area (TPSA) is 84.5 Å². The summed E-state index contributed by atoms with van der Waals surface area (Å²) in [6.07, 6.45) is 1.12. The summed E-state index contributed by atoms with van der Waals surface area (Å²) in [5.74, 6) is 0.334. The number of benzene rings is 1. The van der Waals surface area contributed by atoms with Gasteiger partial charge in [0.1, 0.15) is 0 Å². The van der Waals surface area contributed by atoms with Crippen LogP contribution in [0.15, 0.2) is 28.1 Å². The van der Waals surface area contributed by atoms with Gasteiger partial charge in [0.05, 0.1) is 16.5 Å². The summed E-state index contributed by atoms with van der Waals surface area (Å²) in [5.41, 5.74) is 6.39. The molecule has 112 valence electrons. The fourth-order valence-corrected chi connectivity index (χ4v) is 2.90. The van der Waals surface area contributed by atoms with Gasteiger partial charge in [-0.25, -0.2) is 13.4 Å². The van der Waals surface area contributed by atoms with Gasteiger partial charge in [0.15, 0.2) is 15.8 Å². The van der Waals surface area contributed by atoms with Crippen LogP contribution in [0.2, 0.25) is 5.02 Å². The standard InChI is InChI=1S/C13H20ClN3O2S/c1-13(2,3)17-12(15)16-8-9-5-6-11(10(14)7-9)20(4,18)19/h5-7H,8H2,1-4H3,(H3,15,16,17). The van der Waals surface area contributed by atoms with Crippen LogP contribution in [-0.4, -0.2) is 26.2 Å². The van der Waals surface area contributed by atoms with Crippen LogP contribution in [0.25, 0.3) is 0 Å². The van der Waals surface area contributed by atoms with E-state index in [1.165, 1.54) is 6.07 Å². The second kappa shape index (κ2) is 6.01. The SMILES string of the molecule is CC(C)(C)NC(N)=NCc1ccc(S(C)(=O)=O)c(Cl)c1. The highest BCUT2D eigenvalue weighted by molar-refractivity contribution is 7.90. The molecular formula is C13H20ClN3O2S. The monoisotopic (exact) mass is 317 g/mol. The minimum Gasteiger partial charge on any atom is -0.370 e. The molecule has 0 saturated carbocycles. The Labute approximate surface area is 125 Å². The molecule has 3 N–H and O–H groups in total. The fourth-order valence-electron chi connectivity index (χ4n) is 1.54. The van der Waals surface area contributed by atoms with Crippen molar-refractivity contribution in [3.8, 4) is 0 Å². The van der Waals surface area contributed by atoms with Gasteiger partial charge in [-0.15, -0.1) is 0 Å². The van der Waals surface area contributed by atoms with Gasteiger partial charge < -0.3 is 11.1 Å². The third-order valence-electron chi connectivity index (χ3n) is 2.33. The Hall–Kier alpha value is -1.27. The van der Waals surface area contributed by atoms with Crippen molar-refractivity contribution in [1.82, 2.24) is 5.32 Å². The molecule has 0 aliphatic rings. The fraction of sp³-hybridized carbons (Fsp3) is 0.462. The molecule has 0 amide bonds. The minimum atomic E-state index is -3.31. The van der Waals surface area contributed by atoms with Gasteiger partial charge in [-0.3, -0.25) is 0 Å². The summed E-state index contributed by atoms with van der Waals surface area (Å²) in [5, 5.41) is 3.24. The lowest BCUT2D eigenvalue weighted by Gasteiger charge is -2.21. The van der Waals surface area contributed by atoms with E-state index in [0.29, 0.717) is 12.5 Å². The molecule has 0 saturated heterocycles. The van der Waals surface area contributed by atoms with Crippen LogP contribution in [0.4, 0.5) is 0 Å². The van der Waals surface area contributed by atoms with Crippen LogP contribution < -0.4 is 11.1 Å². The van der Waals surface area contributed by atoms with E-state index in [-0.39, 0.29) is 15.5 Å². The molecule has 1 rings (SSSR count). The third kappa shape index (κ3) is 5.38. The van der Waals surface area contributed by atoms with E-state index in [2.05, 4.69) is 10.3 Å². The lowest BCUT2D eigenvalue weighted by molar-refractivity contribution is 0.508. The number of guanidine groups is 1. The zero-order valence-electron chi connectivity index (χ0n) is 12.1. The molecular weight excluding hydrogens is 298 g/mol. The van der Waals surface area contributed by atoms with Crippen molar-refractivity contribution in [1.29, 1.82) is 0 Å². The predicted molar refractivity (Wildman–Crippen MR) is 82.8 cm³/mol. The van der Waals surface area contributed by atoms with E-state index in [9.17, 15) is 8.42 Å². The van der Waals surface area contributed by atoms with Crippen molar-refractivity contribution < 1.29 is 8.42 Å². The van der Waals surface area contributed by atoms with Gasteiger partial charge in [0.2, 0.25) is 0 Å². The lowest BCUT2D eigenvalue weighted by Crippen LogP contribution is -2.44. The average Bonchev–Trinajstić information content (AvgIpc) is 2.22. The van der Waals surface area contributed by atoms with Crippen LogP contribution in [-0.2, 0) is 16.4 Å². The first kappa shape index (κ1) is 16.8. The highest BCUT2D eigenvalue weighted by Crippen LogP contribution is 2.22. The molecule has 0 aromatic heterocycles. The molecule has 0 aliphatic carbocycles. The first-order valence-corrected chi connectivity index (χ1v) is 8.32. The maximum atomic E-state index is 11.4. The zero-order chi connectivity index (χ0) is 15.6. The third-order valence-corrected chi connectivity index (χ3v) is 3.91. The summed E-state index contributed by atoms with van der Waals surface area (Å²) in [6, 6.07) is 4.75. The number of hydrogen-bond donors (Lipinski definition) is 2. The van der Waals surface area contributed by atoms with Crippen LogP contribution in [0.1, 0.15) is 26.3 Å². The first-order chi connectivity index (χ1) is 8.99. The Bertz CT molecular complexity index is 619. The number of hydrogen-bond acceptors (Lipinski definition) is 3. The number of sulfone groups is 1. The summed E-state index contributed by atoms with van der Waals surface area (Å²) in [6.45, 7) is 6.27. The van der Waals surface area contributed by atoms with E-state index >= 15 is 0 Å². The lowest BCUT2D eigenvalue weighted by atomic mass is 10.1. The van der Waals surface area contributed by atoms with Crippen molar-refractivity contribution in [2.75, 3.05) is 6.26 Å². The largest absolute Gasteiger partial charge is 0.370 e. The average molecular weight is 318 g/mol. The van der Waals surface area contributed by atoms with Gasteiger partial charge in [-0.2, -0.15) is 0 Å². The van der Waals surface area contributed by atoms with E-state index in [4.69, 9.17) is 17.3 Å². The van der Waals surface area contributed by atoms with E-state index in [0.717, 1.165) is 11.8 Å². The number of nitrogens with two attached hydrogens (primary N) is 1. The number of halogens is 1. The summed E-state index contributed by atoms with van der Waals surface area (Å²) >= 11 is 5.96. The molecule has 0 atom stereocenters. The second-order valence-electron chi connectivity index (χ2n) is 5.61. The molecule has 1 aromatic carbocycles. The molecule has 0 fully saturated rings. The summed E-state index contributed by atoms with van der Waals surface area (Å²) in [4.78, 5) is 4.31. The second-order valence-corrected chi connectivity index (χ2v) is 8.00. The highest BCUT2D eigenvalue weighted by Gasteiger charge is 2.13. The van der Waals surface area contributed by atoms with Gasteiger partial charge in [-0.05, 0) is 38.5 Å². The van der Waals surface area contributed by atoms with Crippen LogP contribution in [0, 0.1) is 0 Å². The van der Waals surface area contributed by atoms with Gasteiger partial charge in [0.25, 0.3) is 0 Å². The maximum absolute atomic E-state index is 11.4. The molecule has 0 bridgehead atoms. The van der Waals surface area contributed by atoms with E-state index < -0.39 is 9.84 Å². The summed E-state index contributed by atoms with van der Waals surface area (Å²) in [7, 11) is -3.31. The number of aliphatic imine (C=N–C) groups is 1. The molecule has 20 heavy (non-hydrogen) atoms. The van der Waals surface area contributed by atoms with Crippen molar-refractivity contribution in [2.24, 2.45) is 10.7 Å². The summed E-state index contributed by atoms with van der Waals surface area (Å²) < 4.78 is 22.9. The Kier molecular flexibility index (Phi) is 5.05. The quantitative estimate of drug-likeness (QED) is 0.659. The van der Waals surface area contributed by atoms with Gasteiger partial charge >= 0.3 is 0 Å². The molecule has 7 heteroatoms. The number of nitrogens with zero attached hydrogens (tertiary/aromatic N) is 1. The maximum Gasteiger partial charge on any atom is 0.189 e. The Balaban J connectivity index is 2.86. The number of nitrogens with one attached hydrogen (secondary N) is 1. The van der Waals surface area contributed by atoms with Crippen molar-refractivity contribution in [3.05, 3.63) is 28.8 Å². The van der Waals surface area contributed by atoms with Crippen molar-refractivity contribution >= 4 is 27.4 Å². The van der Waals surface area contributed by atoms with E-state index in [1.54, 1.807) is 12.1 Å². The van der Waals surface area contributed by atoms with Crippen LogP contribution in [0.3, 0.4) is 0 Å². The predicted octanol–water partition coefficient (Wildman–Crippen LogP) is 1.95. The van der Waals surface area contributed by atoms with Crippen molar-refractivity contribution in [3.63, 3.8) is 0 Å².